The largest absolute Gasteiger partial charge is 0.496 e. The molecule has 1 aliphatic heterocycles. The molecule has 0 aromatic heterocycles. The zero-order valence-electron chi connectivity index (χ0n) is 25.1. The molecule has 0 bridgehead atoms. The molecule has 1 saturated carbocycles. The fourth-order valence-electron chi connectivity index (χ4n) is 6.03. The van der Waals surface area contributed by atoms with Gasteiger partial charge in [0, 0.05) is 17.8 Å². The normalized spacial score (nSPS) is 22.4. The molecule has 2 unspecified atom stereocenters. The summed E-state index contributed by atoms with van der Waals surface area (Å²) in [4.78, 5) is 14.5. The van der Waals surface area contributed by atoms with Crippen molar-refractivity contribution in [3.63, 3.8) is 0 Å². The second-order valence-corrected chi connectivity index (χ2v) is 14.7. The van der Waals surface area contributed by atoms with Crippen LogP contribution in [0.25, 0.3) is 5.57 Å². The first-order valence-electron chi connectivity index (χ1n) is 14.5. The minimum absolute atomic E-state index is 0.00152. The van der Waals surface area contributed by atoms with Crippen LogP contribution in [0, 0.1) is 5.41 Å². The van der Waals surface area contributed by atoms with E-state index >= 15 is 0 Å². The Bertz CT molecular complexity index is 1600. The first-order valence-corrected chi connectivity index (χ1v) is 16.0. The Labute approximate surface area is 257 Å². The second-order valence-electron chi connectivity index (χ2n) is 12.7. The molecular weight excluding hydrogens is 626 g/mol. The zero-order chi connectivity index (χ0) is 33.1. The Morgan fingerprint density at radius 2 is 1.64 bits per heavy atom. The maximum absolute atomic E-state index is 13.5. The van der Waals surface area contributed by atoms with Crippen molar-refractivity contribution in [2.75, 3.05) is 18.4 Å². The van der Waals surface area contributed by atoms with Gasteiger partial charge in [-0.05, 0) is 97.6 Å². The van der Waals surface area contributed by atoms with E-state index < -0.39 is 62.6 Å². The number of carbonyl (C=O) groups excluding carboxylic acids is 1. The Hall–Kier alpha value is -3.42. The van der Waals surface area contributed by atoms with Crippen molar-refractivity contribution in [1.29, 1.82) is 0 Å². The van der Waals surface area contributed by atoms with Crippen LogP contribution in [0.5, 0.6) is 5.75 Å². The maximum Gasteiger partial charge on any atom is 0.416 e. The van der Waals surface area contributed by atoms with Gasteiger partial charge in [-0.2, -0.15) is 26.3 Å². The summed E-state index contributed by atoms with van der Waals surface area (Å²) < 4.78 is 120. The van der Waals surface area contributed by atoms with E-state index in [0.29, 0.717) is 54.8 Å². The van der Waals surface area contributed by atoms with Crippen molar-refractivity contribution < 1.29 is 49.0 Å². The third-order valence-corrected chi connectivity index (χ3v) is 10.5. The van der Waals surface area contributed by atoms with Crippen LogP contribution in [0.4, 0.5) is 36.8 Å². The number of anilines is 1. The van der Waals surface area contributed by atoms with Crippen molar-refractivity contribution in [2.24, 2.45) is 5.41 Å². The molecule has 2 fully saturated rings. The van der Waals surface area contributed by atoms with E-state index in [9.17, 15) is 39.6 Å². The van der Waals surface area contributed by atoms with Gasteiger partial charge in [-0.1, -0.05) is 13.8 Å². The number of nitrogens with one attached hydrogen (secondary N) is 1. The van der Waals surface area contributed by atoms with Gasteiger partial charge in [-0.15, -0.1) is 0 Å². The van der Waals surface area contributed by atoms with Crippen molar-refractivity contribution in [3.8, 4) is 5.75 Å². The topological polar surface area (TPSA) is 84.9 Å². The first kappa shape index (κ1) is 33.0. The number of hydrogen-bond acceptors (Lipinski definition) is 5. The summed E-state index contributed by atoms with van der Waals surface area (Å²) in [5, 5.41) is -0.437. The summed E-state index contributed by atoms with van der Waals surface area (Å²) in [6.45, 7) is 5.63. The van der Waals surface area contributed by atoms with E-state index in [0.717, 1.165) is 17.6 Å². The zero-order valence-corrected chi connectivity index (χ0v) is 25.9. The summed E-state index contributed by atoms with van der Waals surface area (Å²) in [6.07, 6.45) is -9.32. The quantitative estimate of drug-likeness (QED) is 0.289. The van der Waals surface area contributed by atoms with Gasteiger partial charge in [0.05, 0.1) is 29.5 Å². The molecule has 14 heteroatoms. The fourth-order valence-corrected chi connectivity index (χ4v) is 7.41. The number of methoxy groups -OCH3 is 1. The maximum atomic E-state index is 13.5. The molecule has 3 aliphatic rings. The van der Waals surface area contributed by atoms with Gasteiger partial charge in [0.15, 0.2) is 0 Å². The molecule has 7 nitrogen and oxygen atoms in total. The number of alkyl halides is 6. The third kappa shape index (κ3) is 7.05. The van der Waals surface area contributed by atoms with E-state index in [1.54, 1.807) is 18.2 Å². The molecule has 5 rings (SSSR count). The van der Waals surface area contributed by atoms with Crippen LogP contribution in [0.3, 0.4) is 0 Å². The van der Waals surface area contributed by atoms with Crippen LogP contribution < -0.4 is 9.46 Å². The summed E-state index contributed by atoms with van der Waals surface area (Å²) in [5.74, 6) is 0.482. The van der Waals surface area contributed by atoms with Crippen molar-refractivity contribution >= 4 is 27.4 Å². The Balaban J connectivity index is 1.51. The van der Waals surface area contributed by atoms with E-state index in [-0.39, 0.29) is 18.0 Å². The molecule has 1 amide bonds. The van der Waals surface area contributed by atoms with E-state index in [4.69, 9.17) is 9.47 Å². The Morgan fingerprint density at radius 1 is 1.02 bits per heavy atom. The average molecular weight is 661 g/mol. The highest BCUT2D eigenvalue weighted by Crippen LogP contribution is 2.47. The molecule has 2 aromatic rings. The molecule has 1 N–H and O–H groups in total. The lowest BCUT2D eigenvalue weighted by Crippen LogP contribution is -2.35. The number of cyclic esters (lactones) is 1. The van der Waals surface area contributed by atoms with E-state index in [1.165, 1.54) is 18.9 Å². The highest BCUT2D eigenvalue weighted by molar-refractivity contribution is 7.93. The lowest BCUT2D eigenvalue weighted by atomic mass is 9.72. The Kier molecular flexibility index (Phi) is 8.37. The van der Waals surface area contributed by atoms with Gasteiger partial charge < -0.3 is 9.47 Å². The number of ether oxygens (including phenoxy) is 2. The smallest absolute Gasteiger partial charge is 0.416 e. The molecule has 2 aliphatic carbocycles. The number of carbonyl (C=O) groups is 1. The van der Waals surface area contributed by atoms with Gasteiger partial charge in [0.1, 0.15) is 11.9 Å². The monoisotopic (exact) mass is 660 g/mol. The van der Waals surface area contributed by atoms with E-state index in [1.807, 2.05) is 0 Å². The number of benzene rings is 2. The van der Waals surface area contributed by atoms with Gasteiger partial charge in [0.2, 0.25) is 10.0 Å². The predicted molar refractivity (Wildman–Crippen MR) is 155 cm³/mol. The molecule has 1 heterocycles. The van der Waals surface area contributed by atoms with Crippen molar-refractivity contribution in [1.82, 2.24) is 4.90 Å². The fraction of sp³-hybridized carbons (Fsp3) is 0.516. The van der Waals surface area contributed by atoms with Crippen LogP contribution in [0.1, 0.15) is 81.2 Å². The lowest BCUT2D eigenvalue weighted by molar-refractivity contribution is -0.143. The average Bonchev–Trinajstić information content (AvgIpc) is 3.75. The Morgan fingerprint density at radius 3 is 2.20 bits per heavy atom. The summed E-state index contributed by atoms with van der Waals surface area (Å²) in [5.41, 5.74) is -0.967. The van der Waals surface area contributed by atoms with Crippen LogP contribution >= 0.6 is 0 Å². The SMILES string of the molecule is COc1ccc(NS(=O)(=O)C2CC2)cc1C1=C(CN2C(=O)OC(c3cc(C(F)(F)F)cc(C(F)(F)F)c3)C2C)CC(C)(C)CC1. The van der Waals surface area contributed by atoms with Gasteiger partial charge in [-0.3, -0.25) is 9.62 Å². The third-order valence-electron chi connectivity index (χ3n) is 8.61. The first-order chi connectivity index (χ1) is 20.8. The number of nitrogens with zero attached hydrogens (tertiary/aromatic N) is 1. The highest BCUT2D eigenvalue weighted by atomic mass is 32.2. The van der Waals surface area contributed by atoms with Crippen LogP contribution in [0.15, 0.2) is 42.0 Å². The van der Waals surface area contributed by atoms with Gasteiger partial charge in [0.25, 0.3) is 0 Å². The predicted octanol–water partition coefficient (Wildman–Crippen LogP) is 8.18. The molecule has 45 heavy (non-hydrogen) atoms. The number of rotatable bonds is 8. The second kappa shape index (κ2) is 11.4. The number of amides is 1. The minimum Gasteiger partial charge on any atom is -0.496 e. The van der Waals surface area contributed by atoms with Crippen molar-refractivity contribution in [2.45, 2.75) is 82.6 Å². The van der Waals surface area contributed by atoms with Gasteiger partial charge >= 0.3 is 18.4 Å². The lowest BCUT2D eigenvalue weighted by Gasteiger charge is -2.36. The molecule has 1 saturated heterocycles. The van der Waals surface area contributed by atoms with E-state index in [2.05, 4.69) is 18.6 Å². The number of sulfonamides is 1. The van der Waals surface area contributed by atoms with Crippen molar-refractivity contribution in [3.05, 3.63) is 64.2 Å². The number of hydrogen-bond donors (Lipinski definition) is 1. The standard InChI is InChI=1S/C31H34F6N2O5S/c1-17-27(18-11-20(30(32,33)34)13-21(12-18)31(35,36)37)44-28(40)39(17)16-19-15-29(2,3)10-9-24(19)25-14-22(5-8-26(25)43-4)38-45(41,42)23-6-7-23/h5,8,11-14,17,23,27,38H,6-7,9-10,15-16H2,1-4H3. The summed E-state index contributed by atoms with van der Waals surface area (Å²) >= 11 is 0. The van der Waals surface area contributed by atoms with Crippen LogP contribution in [-0.2, 0) is 27.1 Å². The molecule has 2 aromatic carbocycles. The molecule has 0 radical (unpaired) electrons. The number of allylic oxidation sites excluding steroid dienone is 1. The van der Waals surface area contributed by atoms with Crippen LogP contribution in [-0.4, -0.2) is 44.4 Å². The highest BCUT2D eigenvalue weighted by Gasteiger charge is 2.44. The molecule has 2 atom stereocenters. The molecule has 246 valence electrons. The van der Waals surface area contributed by atoms with Gasteiger partial charge in [-0.25, -0.2) is 13.2 Å². The minimum atomic E-state index is -5.05. The molecule has 0 spiro atoms. The summed E-state index contributed by atoms with van der Waals surface area (Å²) in [6, 6.07) is 5.24. The molecular formula is C31H34F6N2O5S. The van der Waals surface area contributed by atoms with Crippen LogP contribution in [0.2, 0.25) is 0 Å². The number of halogens is 6. The summed E-state index contributed by atoms with van der Waals surface area (Å²) in [7, 11) is -2.07.